The molecule has 1 amide bonds. The molecule has 30 heavy (non-hydrogen) atoms. The Bertz CT molecular complexity index is 957. The molecule has 0 fully saturated rings. The van der Waals surface area contributed by atoms with Crippen LogP contribution in [0.25, 0.3) is 0 Å². The topological polar surface area (TPSA) is 68.8 Å². The summed E-state index contributed by atoms with van der Waals surface area (Å²) in [4.78, 5) is 12.8. The number of rotatable bonds is 10. The molecule has 0 radical (unpaired) electrons. The first kappa shape index (κ1) is 21.2. The van der Waals surface area contributed by atoms with Crippen molar-refractivity contribution in [1.29, 1.82) is 0 Å². The first-order valence-corrected chi connectivity index (χ1v) is 9.68. The molecule has 0 heterocycles. The molecule has 0 aliphatic heterocycles. The molecule has 6 nitrogen and oxygen atoms in total. The first-order chi connectivity index (χ1) is 14.7. The van der Waals surface area contributed by atoms with Crippen LogP contribution in [0.4, 0.5) is 11.4 Å². The van der Waals surface area contributed by atoms with Gasteiger partial charge in [-0.1, -0.05) is 24.3 Å². The smallest absolute Gasteiger partial charge is 0.253 e. The molecule has 3 rings (SSSR count). The number of carbonyl (C=O) groups is 1. The Morgan fingerprint density at radius 3 is 2.43 bits per heavy atom. The molecule has 3 aromatic carbocycles. The predicted molar refractivity (Wildman–Crippen MR) is 118 cm³/mol. The Kier molecular flexibility index (Phi) is 7.69. The molecule has 0 aliphatic carbocycles. The number of methoxy groups -OCH3 is 2. The van der Waals surface area contributed by atoms with Crippen LogP contribution in [0, 0.1) is 0 Å². The summed E-state index contributed by atoms with van der Waals surface area (Å²) >= 11 is 0. The summed E-state index contributed by atoms with van der Waals surface area (Å²) in [6.45, 7) is 1.41. The standard InChI is InChI=1S/C24H26N2O4/c1-28-14-15-30-21-7-5-6-18(16-21)17-25-24(27)22-8-3-4-9-23(22)26-19-10-12-20(29-2)13-11-19/h3-13,16,26H,14-15,17H2,1-2H3,(H,25,27). The summed E-state index contributed by atoms with van der Waals surface area (Å²) in [6, 6.07) is 22.6. The van der Waals surface area contributed by atoms with Crippen molar-refractivity contribution >= 4 is 17.3 Å². The highest BCUT2D eigenvalue weighted by Gasteiger charge is 2.11. The van der Waals surface area contributed by atoms with Gasteiger partial charge in [-0.25, -0.2) is 0 Å². The summed E-state index contributed by atoms with van der Waals surface area (Å²) in [7, 11) is 3.26. The Morgan fingerprint density at radius 2 is 1.67 bits per heavy atom. The van der Waals surface area contributed by atoms with E-state index in [1.165, 1.54) is 0 Å². The van der Waals surface area contributed by atoms with Crippen LogP contribution in [0.5, 0.6) is 11.5 Å². The van der Waals surface area contributed by atoms with E-state index in [-0.39, 0.29) is 5.91 Å². The number of benzene rings is 3. The van der Waals surface area contributed by atoms with Crippen molar-refractivity contribution in [3.63, 3.8) is 0 Å². The number of anilines is 2. The predicted octanol–water partition coefficient (Wildman–Crippen LogP) is 4.39. The number of ether oxygens (including phenoxy) is 3. The minimum atomic E-state index is -0.155. The van der Waals surface area contributed by atoms with Gasteiger partial charge < -0.3 is 24.8 Å². The van der Waals surface area contributed by atoms with Gasteiger partial charge in [0.05, 0.1) is 25.0 Å². The van der Waals surface area contributed by atoms with Crippen LogP contribution < -0.4 is 20.1 Å². The SMILES string of the molecule is COCCOc1cccc(CNC(=O)c2ccccc2Nc2ccc(OC)cc2)c1. The summed E-state index contributed by atoms with van der Waals surface area (Å²) in [6.07, 6.45) is 0. The van der Waals surface area contributed by atoms with E-state index >= 15 is 0 Å². The van der Waals surface area contributed by atoms with E-state index in [0.29, 0.717) is 25.3 Å². The van der Waals surface area contributed by atoms with Gasteiger partial charge in [0.2, 0.25) is 0 Å². The first-order valence-electron chi connectivity index (χ1n) is 9.68. The second kappa shape index (κ2) is 10.9. The highest BCUT2D eigenvalue weighted by Crippen LogP contribution is 2.23. The van der Waals surface area contributed by atoms with Gasteiger partial charge in [0.25, 0.3) is 5.91 Å². The molecular formula is C24H26N2O4. The van der Waals surface area contributed by atoms with Gasteiger partial charge in [-0.3, -0.25) is 4.79 Å². The maximum Gasteiger partial charge on any atom is 0.253 e. The van der Waals surface area contributed by atoms with Crippen molar-refractivity contribution in [3.8, 4) is 11.5 Å². The largest absolute Gasteiger partial charge is 0.497 e. The number of hydrogen-bond acceptors (Lipinski definition) is 5. The highest BCUT2D eigenvalue weighted by molar-refractivity contribution is 6.00. The lowest BCUT2D eigenvalue weighted by Crippen LogP contribution is -2.23. The second-order valence-corrected chi connectivity index (χ2v) is 6.57. The second-order valence-electron chi connectivity index (χ2n) is 6.57. The van der Waals surface area contributed by atoms with E-state index in [1.807, 2.05) is 66.7 Å². The maximum absolute atomic E-state index is 12.8. The zero-order valence-corrected chi connectivity index (χ0v) is 17.2. The number of carbonyl (C=O) groups excluding carboxylic acids is 1. The average Bonchev–Trinajstić information content (AvgIpc) is 2.79. The van der Waals surface area contributed by atoms with E-state index < -0.39 is 0 Å². The van der Waals surface area contributed by atoms with Crippen LogP contribution >= 0.6 is 0 Å². The Morgan fingerprint density at radius 1 is 0.867 bits per heavy atom. The lowest BCUT2D eigenvalue weighted by molar-refractivity contribution is 0.0951. The lowest BCUT2D eigenvalue weighted by atomic mass is 10.1. The number of nitrogens with one attached hydrogen (secondary N) is 2. The molecule has 0 aromatic heterocycles. The van der Waals surface area contributed by atoms with Crippen LogP contribution in [0.2, 0.25) is 0 Å². The minimum absolute atomic E-state index is 0.155. The summed E-state index contributed by atoms with van der Waals surface area (Å²) in [5.74, 6) is 1.37. The third-order valence-corrected chi connectivity index (χ3v) is 4.45. The third-order valence-electron chi connectivity index (χ3n) is 4.45. The Labute approximate surface area is 176 Å². The van der Waals surface area contributed by atoms with E-state index in [2.05, 4.69) is 10.6 Å². The van der Waals surface area contributed by atoms with Gasteiger partial charge in [0.1, 0.15) is 18.1 Å². The monoisotopic (exact) mass is 406 g/mol. The summed E-state index contributed by atoms with van der Waals surface area (Å²) in [5.41, 5.74) is 3.13. The number of para-hydroxylation sites is 1. The molecule has 0 aliphatic rings. The molecule has 6 heteroatoms. The molecule has 0 unspecified atom stereocenters. The zero-order chi connectivity index (χ0) is 21.2. The molecule has 0 atom stereocenters. The molecule has 0 saturated carbocycles. The van der Waals surface area contributed by atoms with Gasteiger partial charge in [-0.05, 0) is 54.1 Å². The van der Waals surface area contributed by atoms with Crippen molar-refractivity contribution < 1.29 is 19.0 Å². The third kappa shape index (κ3) is 5.99. The fraction of sp³-hybridized carbons (Fsp3) is 0.208. The average molecular weight is 406 g/mol. The fourth-order valence-corrected chi connectivity index (χ4v) is 2.89. The van der Waals surface area contributed by atoms with Gasteiger partial charge in [-0.2, -0.15) is 0 Å². The van der Waals surface area contributed by atoms with E-state index in [1.54, 1.807) is 20.3 Å². The molecular weight excluding hydrogens is 380 g/mol. The fourth-order valence-electron chi connectivity index (χ4n) is 2.89. The molecule has 3 aromatic rings. The Balaban J connectivity index is 1.64. The van der Waals surface area contributed by atoms with Crippen LogP contribution in [0.15, 0.2) is 72.8 Å². The van der Waals surface area contributed by atoms with Crippen LogP contribution in [-0.2, 0) is 11.3 Å². The quantitative estimate of drug-likeness (QED) is 0.489. The molecule has 156 valence electrons. The molecule has 0 bridgehead atoms. The van der Waals surface area contributed by atoms with Crippen LogP contribution in [0.3, 0.4) is 0 Å². The number of amides is 1. The minimum Gasteiger partial charge on any atom is -0.497 e. The van der Waals surface area contributed by atoms with Gasteiger partial charge in [0, 0.05) is 19.3 Å². The van der Waals surface area contributed by atoms with Crippen molar-refractivity contribution in [1.82, 2.24) is 5.32 Å². The van der Waals surface area contributed by atoms with Crippen molar-refractivity contribution in [2.75, 3.05) is 32.8 Å². The normalized spacial score (nSPS) is 10.3. The van der Waals surface area contributed by atoms with Gasteiger partial charge >= 0.3 is 0 Å². The van der Waals surface area contributed by atoms with Gasteiger partial charge in [-0.15, -0.1) is 0 Å². The maximum atomic E-state index is 12.8. The van der Waals surface area contributed by atoms with Crippen LogP contribution in [0.1, 0.15) is 15.9 Å². The molecule has 0 spiro atoms. The summed E-state index contributed by atoms with van der Waals surface area (Å²) in [5, 5.41) is 6.27. The van der Waals surface area contributed by atoms with E-state index in [9.17, 15) is 4.79 Å². The number of hydrogen-bond donors (Lipinski definition) is 2. The van der Waals surface area contributed by atoms with E-state index in [0.717, 1.165) is 28.4 Å². The summed E-state index contributed by atoms with van der Waals surface area (Å²) < 4.78 is 15.8. The zero-order valence-electron chi connectivity index (χ0n) is 17.2. The van der Waals surface area contributed by atoms with Crippen molar-refractivity contribution in [3.05, 3.63) is 83.9 Å². The van der Waals surface area contributed by atoms with Crippen molar-refractivity contribution in [2.24, 2.45) is 0 Å². The van der Waals surface area contributed by atoms with Crippen molar-refractivity contribution in [2.45, 2.75) is 6.54 Å². The molecule has 2 N–H and O–H groups in total. The van der Waals surface area contributed by atoms with E-state index in [4.69, 9.17) is 14.2 Å². The Hall–Kier alpha value is -3.51. The van der Waals surface area contributed by atoms with Gasteiger partial charge in [0.15, 0.2) is 0 Å². The van der Waals surface area contributed by atoms with Crippen LogP contribution in [-0.4, -0.2) is 33.3 Å². The highest BCUT2D eigenvalue weighted by atomic mass is 16.5. The molecule has 0 saturated heterocycles. The lowest BCUT2D eigenvalue weighted by Gasteiger charge is -2.13.